The molecule has 1 aromatic rings. The van der Waals surface area contributed by atoms with E-state index in [0.717, 1.165) is 25.2 Å². The Hall–Kier alpha value is -1.82. The van der Waals surface area contributed by atoms with Gasteiger partial charge in [-0.25, -0.2) is 0 Å². The molecule has 2 unspecified atom stereocenters. The summed E-state index contributed by atoms with van der Waals surface area (Å²) < 4.78 is 5.51. The van der Waals surface area contributed by atoms with E-state index in [9.17, 15) is 0 Å². The zero-order valence-electron chi connectivity index (χ0n) is 11.3. The molecular weight excluding hydrogens is 244 g/mol. The Kier molecular flexibility index (Phi) is 4.21. The SMILES string of the molecule is COC1CN(c2cccnc2/C(N)=N/O)CCC1C. The molecular formula is C13H20N4O2. The molecule has 1 saturated heterocycles. The van der Waals surface area contributed by atoms with Crippen LogP contribution in [-0.4, -0.2) is 42.3 Å². The normalized spacial score (nSPS) is 24.5. The van der Waals surface area contributed by atoms with Gasteiger partial charge in [-0.1, -0.05) is 12.1 Å². The number of piperidine rings is 1. The fraction of sp³-hybridized carbons (Fsp3) is 0.538. The third-order valence-corrected chi connectivity index (χ3v) is 3.67. The molecule has 104 valence electrons. The fourth-order valence-corrected chi connectivity index (χ4v) is 2.46. The summed E-state index contributed by atoms with van der Waals surface area (Å²) in [5.41, 5.74) is 7.07. The number of aromatic nitrogens is 1. The van der Waals surface area contributed by atoms with Crippen molar-refractivity contribution < 1.29 is 9.94 Å². The van der Waals surface area contributed by atoms with Crippen molar-refractivity contribution in [1.29, 1.82) is 0 Å². The molecule has 0 aliphatic carbocycles. The maximum atomic E-state index is 8.83. The van der Waals surface area contributed by atoms with E-state index in [-0.39, 0.29) is 11.9 Å². The first kappa shape index (κ1) is 13.6. The summed E-state index contributed by atoms with van der Waals surface area (Å²) in [4.78, 5) is 6.37. The topological polar surface area (TPSA) is 84.0 Å². The molecule has 1 aliphatic heterocycles. The van der Waals surface area contributed by atoms with Crippen LogP contribution in [0.1, 0.15) is 19.0 Å². The zero-order chi connectivity index (χ0) is 13.8. The Labute approximate surface area is 112 Å². The van der Waals surface area contributed by atoms with Crippen molar-refractivity contribution in [3.05, 3.63) is 24.0 Å². The standard InChI is InChI=1S/C13H20N4O2/c1-9-5-7-17(8-11(9)19-2)10-4-3-6-15-12(10)13(14)16-18/h3-4,6,9,11,18H,5,7-8H2,1-2H3,(H2,14,16). The second kappa shape index (κ2) is 5.88. The molecule has 3 N–H and O–H groups in total. The highest BCUT2D eigenvalue weighted by Crippen LogP contribution is 2.26. The largest absolute Gasteiger partial charge is 0.409 e. The van der Waals surface area contributed by atoms with Crippen LogP contribution < -0.4 is 10.6 Å². The van der Waals surface area contributed by atoms with Crippen LogP contribution in [0.4, 0.5) is 5.69 Å². The predicted octanol–water partition coefficient (Wildman–Crippen LogP) is 1.04. The lowest BCUT2D eigenvalue weighted by Gasteiger charge is -2.38. The summed E-state index contributed by atoms with van der Waals surface area (Å²) in [5.74, 6) is 0.563. The van der Waals surface area contributed by atoms with Crippen molar-refractivity contribution >= 4 is 11.5 Å². The van der Waals surface area contributed by atoms with E-state index in [4.69, 9.17) is 15.7 Å². The van der Waals surface area contributed by atoms with Crippen LogP contribution in [0.15, 0.2) is 23.5 Å². The molecule has 2 heterocycles. The molecule has 19 heavy (non-hydrogen) atoms. The minimum atomic E-state index is 0.0307. The number of hydrogen-bond donors (Lipinski definition) is 2. The smallest absolute Gasteiger partial charge is 0.190 e. The molecule has 2 atom stereocenters. The first-order valence-electron chi connectivity index (χ1n) is 6.38. The van der Waals surface area contributed by atoms with Crippen LogP contribution in [0.5, 0.6) is 0 Å². The quantitative estimate of drug-likeness (QED) is 0.369. The number of ether oxygens (including phenoxy) is 1. The van der Waals surface area contributed by atoms with Crippen LogP contribution in [0.2, 0.25) is 0 Å². The first-order valence-corrected chi connectivity index (χ1v) is 6.38. The number of amidine groups is 1. The summed E-state index contributed by atoms with van der Waals surface area (Å²) in [6, 6.07) is 3.78. The van der Waals surface area contributed by atoms with Gasteiger partial charge in [0, 0.05) is 26.4 Å². The molecule has 6 heteroatoms. The lowest BCUT2D eigenvalue weighted by molar-refractivity contribution is 0.0498. The molecule has 0 aromatic carbocycles. The minimum Gasteiger partial charge on any atom is -0.409 e. The Balaban J connectivity index is 2.27. The van der Waals surface area contributed by atoms with Crippen molar-refractivity contribution in [3.8, 4) is 0 Å². The zero-order valence-corrected chi connectivity index (χ0v) is 11.3. The fourth-order valence-electron chi connectivity index (χ4n) is 2.46. The van der Waals surface area contributed by atoms with Crippen molar-refractivity contribution in [1.82, 2.24) is 4.98 Å². The van der Waals surface area contributed by atoms with Crippen LogP contribution >= 0.6 is 0 Å². The van der Waals surface area contributed by atoms with Crippen molar-refractivity contribution in [2.24, 2.45) is 16.8 Å². The van der Waals surface area contributed by atoms with E-state index in [0.29, 0.717) is 11.6 Å². The van der Waals surface area contributed by atoms with Gasteiger partial charge < -0.3 is 20.6 Å². The monoisotopic (exact) mass is 264 g/mol. The molecule has 0 spiro atoms. The lowest BCUT2D eigenvalue weighted by atomic mass is 9.95. The van der Waals surface area contributed by atoms with Gasteiger partial charge in [-0.3, -0.25) is 4.98 Å². The summed E-state index contributed by atoms with van der Waals surface area (Å²) in [7, 11) is 1.73. The molecule has 0 saturated carbocycles. The molecule has 2 rings (SSSR count). The Morgan fingerprint density at radius 2 is 2.42 bits per heavy atom. The van der Waals surface area contributed by atoms with E-state index in [1.165, 1.54) is 0 Å². The number of anilines is 1. The Bertz CT molecular complexity index is 464. The van der Waals surface area contributed by atoms with E-state index in [1.807, 2.05) is 12.1 Å². The summed E-state index contributed by atoms with van der Waals surface area (Å²) in [6.07, 6.45) is 2.87. The average Bonchev–Trinajstić information content (AvgIpc) is 2.47. The molecule has 1 aliphatic rings. The number of oxime groups is 1. The van der Waals surface area contributed by atoms with Crippen LogP contribution in [0.3, 0.4) is 0 Å². The van der Waals surface area contributed by atoms with Crippen LogP contribution in [0, 0.1) is 5.92 Å². The van der Waals surface area contributed by atoms with Crippen molar-refractivity contribution in [2.45, 2.75) is 19.4 Å². The second-order valence-electron chi connectivity index (χ2n) is 4.84. The van der Waals surface area contributed by atoms with Gasteiger partial charge in [0.25, 0.3) is 0 Å². The summed E-state index contributed by atoms with van der Waals surface area (Å²) >= 11 is 0. The summed E-state index contributed by atoms with van der Waals surface area (Å²) in [6.45, 7) is 3.90. The van der Waals surface area contributed by atoms with Crippen molar-refractivity contribution in [3.63, 3.8) is 0 Å². The van der Waals surface area contributed by atoms with Crippen molar-refractivity contribution in [2.75, 3.05) is 25.1 Å². The highest BCUT2D eigenvalue weighted by molar-refractivity contribution is 6.00. The van der Waals surface area contributed by atoms with E-state index < -0.39 is 0 Å². The number of nitrogens with zero attached hydrogens (tertiary/aromatic N) is 3. The minimum absolute atomic E-state index is 0.0307. The van der Waals surface area contributed by atoms with Crippen LogP contribution in [-0.2, 0) is 4.74 Å². The van der Waals surface area contributed by atoms with E-state index >= 15 is 0 Å². The molecule has 1 aromatic heterocycles. The number of nitrogens with two attached hydrogens (primary N) is 1. The molecule has 0 amide bonds. The number of hydrogen-bond acceptors (Lipinski definition) is 5. The Morgan fingerprint density at radius 3 is 3.11 bits per heavy atom. The maximum Gasteiger partial charge on any atom is 0.190 e. The van der Waals surface area contributed by atoms with Gasteiger partial charge in [-0.15, -0.1) is 0 Å². The number of methoxy groups -OCH3 is 1. The lowest BCUT2D eigenvalue weighted by Crippen LogP contribution is -2.44. The average molecular weight is 264 g/mol. The van der Waals surface area contributed by atoms with Gasteiger partial charge in [0.15, 0.2) is 5.84 Å². The Morgan fingerprint density at radius 1 is 1.63 bits per heavy atom. The van der Waals surface area contributed by atoms with Gasteiger partial charge in [-0.2, -0.15) is 0 Å². The van der Waals surface area contributed by atoms with Gasteiger partial charge in [0.05, 0.1) is 11.8 Å². The highest BCUT2D eigenvalue weighted by Gasteiger charge is 2.27. The maximum absolute atomic E-state index is 8.83. The van der Waals surface area contributed by atoms with Crippen LogP contribution in [0.25, 0.3) is 0 Å². The third kappa shape index (κ3) is 2.78. The second-order valence-corrected chi connectivity index (χ2v) is 4.84. The first-order chi connectivity index (χ1) is 9.17. The van der Waals surface area contributed by atoms with Gasteiger partial charge >= 0.3 is 0 Å². The van der Waals surface area contributed by atoms with Gasteiger partial charge in [0.2, 0.25) is 0 Å². The van der Waals surface area contributed by atoms with E-state index in [1.54, 1.807) is 13.3 Å². The molecule has 0 radical (unpaired) electrons. The highest BCUT2D eigenvalue weighted by atomic mass is 16.5. The number of pyridine rings is 1. The van der Waals surface area contributed by atoms with Gasteiger partial charge in [-0.05, 0) is 24.5 Å². The molecule has 1 fully saturated rings. The van der Waals surface area contributed by atoms with Gasteiger partial charge in [0.1, 0.15) is 5.69 Å². The van der Waals surface area contributed by atoms with E-state index in [2.05, 4.69) is 22.0 Å². The third-order valence-electron chi connectivity index (χ3n) is 3.67. The molecule has 6 nitrogen and oxygen atoms in total. The number of rotatable bonds is 3. The predicted molar refractivity (Wildman–Crippen MR) is 73.5 cm³/mol. The summed E-state index contributed by atoms with van der Waals surface area (Å²) in [5, 5.41) is 11.9. The molecule has 0 bridgehead atoms.